The third-order valence-corrected chi connectivity index (χ3v) is 10.3. The van der Waals surface area contributed by atoms with Crippen LogP contribution in [-0.2, 0) is 35.3 Å². The van der Waals surface area contributed by atoms with Gasteiger partial charge in [0.05, 0.1) is 29.9 Å². The number of thiazole rings is 1. The predicted octanol–water partition coefficient (Wildman–Crippen LogP) is 7.32. The molecule has 0 N–H and O–H groups in total. The van der Waals surface area contributed by atoms with Crippen molar-refractivity contribution in [3.8, 4) is 22.1 Å². The number of fused-ring (bicyclic) bond motifs is 1. The van der Waals surface area contributed by atoms with Crippen molar-refractivity contribution in [1.82, 2.24) is 9.88 Å². The number of aromatic nitrogens is 1. The number of thioether (sulfide) groups is 1. The number of alkyl halides is 3. The predicted molar refractivity (Wildman–Crippen MR) is 174 cm³/mol. The van der Waals surface area contributed by atoms with Crippen LogP contribution in [0.3, 0.4) is 0 Å². The maximum atomic E-state index is 13.2. The minimum Gasteiger partial charge on any atom is -0.493 e. The van der Waals surface area contributed by atoms with E-state index in [1.165, 1.54) is 53.6 Å². The van der Waals surface area contributed by atoms with Crippen molar-refractivity contribution in [1.29, 1.82) is 0 Å². The first kappa shape index (κ1) is 32.2. The summed E-state index contributed by atoms with van der Waals surface area (Å²) < 4.78 is 56.2. The van der Waals surface area contributed by atoms with Gasteiger partial charge in [0.2, 0.25) is 0 Å². The summed E-state index contributed by atoms with van der Waals surface area (Å²) in [7, 11) is 1.37. The van der Waals surface area contributed by atoms with E-state index >= 15 is 0 Å². The minimum absolute atomic E-state index is 0.274. The van der Waals surface area contributed by atoms with E-state index in [4.69, 9.17) is 19.2 Å². The molecule has 1 aromatic heterocycles. The molecule has 0 bridgehead atoms. The van der Waals surface area contributed by atoms with Crippen LogP contribution in [0.2, 0.25) is 0 Å². The fourth-order valence-electron chi connectivity index (χ4n) is 5.47. The summed E-state index contributed by atoms with van der Waals surface area (Å²) in [5.41, 5.74) is 3.28. The van der Waals surface area contributed by atoms with E-state index in [0.29, 0.717) is 22.9 Å². The van der Waals surface area contributed by atoms with Gasteiger partial charge in [0, 0.05) is 55.3 Å². The van der Waals surface area contributed by atoms with Crippen molar-refractivity contribution in [2.75, 3.05) is 44.8 Å². The second-order valence-electron chi connectivity index (χ2n) is 11.2. The molecule has 6 rings (SSSR count). The summed E-state index contributed by atoms with van der Waals surface area (Å²) in [4.78, 5) is 23.3. The number of halogens is 3. The Morgan fingerprint density at radius 3 is 2.48 bits per heavy atom. The average Bonchev–Trinajstić information content (AvgIpc) is 3.70. The summed E-state index contributed by atoms with van der Waals surface area (Å²) >= 11 is 2.84. The number of carbonyl (C=O) groups excluding carboxylic acids is 1. The van der Waals surface area contributed by atoms with Gasteiger partial charge in [-0.05, 0) is 67.1 Å². The Morgan fingerprint density at radius 2 is 1.78 bits per heavy atom. The Labute approximate surface area is 274 Å². The molecule has 1 saturated heterocycles. The Kier molecular flexibility index (Phi) is 9.76. The van der Waals surface area contributed by atoms with Crippen molar-refractivity contribution >= 4 is 34.8 Å². The molecule has 1 unspecified atom stereocenters. The van der Waals surface area contributed by atoms with Gasteiger partial charge < -0.3 is 19.1 Å². The second kappa shape index (κ2) is 13.9. The number of piperazine rings is 1. The molecule has 7 nitrogen and oxygen atoms in total. The molecule has 0 radical (unpaired) electrons. The summed E-state index contributed by atoms with van der Waals surface area (Å²) in [5, 5.41) is 0.329. The number of esters is 1. The largest absolute Gasteiger partial charge is 0.493 e. The van der Waals surface area contributed by atoms with E-state index in [-0.39, 0.29) is 17.8 Å². The number of ether oxygens (including phenoxy) is 3. The van der Waals surface area contributed by atoms with E-state index in [2.05, 4.69) is 28.0 Å². The average molecular weight is 670 g/mol. The van der Waals surface area contributed by atoms with Crippen LogP contribution in [0.4, 0.5) is 18.9 Å². The molecular formula is C34H34F3N3O4S2. The van der Waals surface area contributed by atoms with Crippen LogP contribution in [-0.4, -0.2) is 61.0 Å². The fourth-order valence-corrected chi connectivity index (χ4v) is 7.36. The highest BCUT2D eigenvalue weighted by Crippen LogP contribution is 2.35. The summed E-state index contributed by atoms with van der Waals surface area (Å²) in [6.07, 6.45) is -3.45. The number of nitrogens with zero attached hydrogens (tertiary/aromatic N) is 3. The van der Waals surface area contributed by atoms with E-state index in [0.717, 1.165) is 72.6 Å². The van der Waals surface area contributed by atoms with Gasteiger partial charge in [0.1, 0.15) is 28.4 Å². The molecule has 3 aromatic carbocycles. The van der Waals surface area contributed by atoms with Crippen molar-refractivity contribution in [3.05, 3.63) is 88.4 Å². The van der Waals surface area contributed by atoms with E-state index in [1.54, 1.807) is 6.92 Å². The number of hydrogen-bond acceptors (Lipinski definition) is 9. The summed E-state index contributed by atoms with van der Waals surface area (Å²) in [5.74, 6) is 1.36. The summed E-state index contributed by atoms with van der Waals surface area (Å²) in [6.45, 7) is 6.87. The molecule has 242 valence electrons. The maximum Gasteiger partial charge on any atom is 0.416 e. The molecule has 0 spiro atoms. The Bertz CT molecular complexity index is 1650. The minimum atomic E-state index is -4.40. The molecule has 46 heavy (non-hydrogen) atoms. The molecule has 0 amide bonds. The molecular weight excluding hydrogens is 636 g/mol. The van der Waals surface area contributed by atoms with Gasteiger partial charge in [0.25, 0.3) is 0 Å². The zero-order valence-corrected chi connectivity index (χ0v) is 27.1. The fraction of sp³-hybridized carbons (Fsp3) is 0.353. The Morgan fingerprint density at radius 1 is 1.04 bits per heavy atom. The maximum absolute atomic E-state index is 13.2. The second-order valence-corrected chi connectivity index (χ2v) is 13.7. The van der Waals surface area contributed by atoms with Gasteiger partial charge in [-0.1, -0.05) is 12.1 Å². The van der Waals surface area contributed by atoms with E-state index < -0.39 is 11.7 Å². The topological polar surface area (TPSA) is 64.1 Å². The van der Waals surface area contributed by atoms with Gasteiger partial charge >= 0.3 is 12.1 Å². The van der Waals surface area contributed by atoms with Crippen LogP contribution in [0.15, 0.2) is 71.6 Å². The molecule has 2 aliphatic rings. The lowest BCUT2D eigenvalue weighted by Crippen LogP contribution is -2.46. The van der Waals surface area contributed by atoms with Crippen molar-refractivity contribution in [3.63, 3.8) is 0 Å². The standard InChI is InChI=1S/C34H34F3N3O4S2/c1-22(33(41)42-2)45-28-10-8-27(9-11-28)44-21-31-29(38-32(46-31)23-3-5-25(6-4-23)34(35,36)37)20-39-14-16-40(17-15-39)26-7-12-30-24(19-26)13-18-43-30/h3-12,19,22H,13-18,20-21H2,1-2H3. The third-order valence-electron chi connectivity index (χ3n) is 8.06. The molecule has 12 heteroatoms. The Balaban J connectivity index is 1.15. The molecule has 3 heterocycles. The lowest BCUT2D eigenvalue weighted by atomic mass is 10.1. The number of methoxy groups -OCH3 is 1. The van der Waals surface area contributed by atoms with Crippen LogP contribution >= 0.6 is 23.1 Å². The number of rotatable bonds is 10. The third kappa shape index (κ3) is 7.62. The number of carbonyl (C=O) groups is 1. The molecule has 2 aliphatic heterocycles. The van der Waals surface area contributed by atoms with Crippen LogP contribution in [0, 0.1) is 0 Å². The van der Waals surface area contributed by atoms with Gasteiger partial charge in [0.15, 0.2) is 0 Å². The quantitative estimate of drug-likeness (QED) is 0.129. The van der Waals surface area contributed by atoms with Crippen LogP contribution in [0.5, 0.6) is 11.5 Å². The first-order chi connectivity index (χ1) is 22.2. The van der Waals surface area contributed by atoms with Crippen molar-refractivity contribution in [2.45, 2.75) is 42.8 Å². The first-order valence-electron chi connectivity index (χ1n) is 15.0. The van der Waals surface area contributed by atoms with E-state index in [9.17, 15) is 18.0 Å². The molecule has 0 saturated carbocycles. The van der Waals surface area contributed by atoms with Gasteiger partial charge in [-0.3, -0.25) is 9.69 Å². The molecule has 1 fully saturated rings. The Hall–Kier alpha value is -3.74. The zero-order chi connectivity index (χ0) is 32.3. The van der Waals surface area contributed by atoms with Crippen LogP contribution < -0.4 is 14.4 Å². The van der Waals surface area contributed by atoms with Crippen LogP contribution in [0.25, 0.3) is 10.6 Å². The normalized spacial score (nSPS) is 15.7. The van der Waals surface area contributed by atoms with Gasteiger partial charge in [-0.25, -0.2) is 4.98 Å². The highest BCUT2D eigenvalue weighted by Gasteiger charge is 2.30. The molecule has 4 aromatic rings. The lowest BCUT2D eigenvalue weighted by molar-refractivity contribution is -0.139. The number of anilines is 1. The van der Waals surface area contributed by atoms with E-state index in [1.807, 2.05) is 24.3 Å². The summed E-state index contributed by atoms with van der Waals surface area (Å²) in [6, 6.07) is 19.1. The number of benzene rings is 3. The molecule has 1 atom stereocenters. The lowest BCUT2D eigenvalue weighted by Gasteiger charge is -2.36. The highest BCUT2D eigenvalue weighted by atomic mass is 32.2. The zero-order valence-electron chi connectivity index (χ0n) is 25.5. The SMILES string of the molecule is COC(=O)C(C)Sc1ccc(OCc2sc(-c3ccc(C(F)(F)F)cc3)nc2CN2CCN(c3ccc4c(c3)CCO4)CC2)cc1. The van der Waals surface area contributed by atoms with Crippen molar-refractivity contribution in [2.24, 2.45) is 0 Å². The van der Waals surface area contributed by atoms with Gasteiger partial charge in [-0.15, -0.1) is 23.1 Å². The monoisotopic (exact) mass is 669 g/mol. The highest BCUT2D eigenvalue weighted by molar-refractivity contribution is 8.00. The molecule has 0 aliphatic carbocycles. The number of hydrogen-bond donors (Lipinski definition) is 0. The smallest absolute Gasteiger partial charge is 0.416 e. The van der Waals surface area contributed by atoms with Crippen LogP contribution in [0.1, 0.15) is 28.6 Å². The van der Waals surface area contributed by atoms with Crippen molar-refractivity contribution < 1.29 is 32.2 Å². The van der Waals surface area contributed by atoms with Gasteiger partial charge in [-0.2, -0.15) is 13.2 Å². The first-order valence-corrected chi connectivity index (χ1v) is 16.7.